The van der Waals surface area contributed by atoms with Gasteiger partial charge in [0, 0.05) is 18.7 Å². The fourth-order valence-electron chi connectivity index (χ4n) is 2.21. The van der Waals surface area contributed by atoms with Gasteiger partial charge in [0.25, 0.3) is 5.69 Å². The maximum Gasteiger partial charge on any atom is 0.287 e. The number of hydrogen-bond acceptors (Lipinski definition) is 5. The van der Waals surface area contributed by atoms with Gasteiger partial charge in [0.1, 0.15) is 12.0 Å². The van der Waals surface area contributed by atoms with Crippen molar-refractivity contribution in [3.05, 3.63) is 27.9 Å². The number of rotatable bonds is 5. The SMILES string of the molecule is Cc1cc([N+](=O)[O-])cnc1NCCC1CCCN1. The molecule has 1 aromatic rings. The standard InChI is InChI=1S/C12H18N4O2/c1-9-7-11(16(17)18)8-15-12(9)14-6-4-10-3-2-5-13-10/h7-8,10,13H,2-6H2,1H3,(H,14,15). The molecule has 1 aliphatic heterocycles. The van der Waals surface area contributed by atoms with Crippen molar-refractivity contribution in [2.24, 2.45) is 0 Å². The maximum absolute atomic E-state index is 10.6. The van der Waals surface area contributed by atoms with Gasteiger partial charge in [0.15, 0.2) is 0 Å². The predicted octanol–water partition coefficient (Wildman–Crippen LogP) is 1.85. The highest BCUT2D eigenvalue weighted by atomic mass is 16.6. The predicted molar refractivity (Wildman–Crippen MR) is 69.8 cm³/mol. The number of aromatic nitrogens is 1. The van der Waals surface area contributed by atoms with Crippen LogP contribution in [0.3, 0.4) is 0 Å². The van der Waals surface area contributed by atoms with Gasteiger partial charge in [0.05, 0.1) is 4.92 Å². The van der Waals surface area contributed by atoms with Crippen LogP contribution in [0.4, 0.5) is 11.5 Å². The van der Waals surface area contributed by atoms with E-state index in [0.29, 0.717) is 6.04 Å². The van der Waals surface area contributed by atoms with Gasteiger partial charge in [-0.25, -0.2) is 4.98 Å². The fraction of sp³-hybridized carbons (Fsp3) is 0.583. The fourth-order valence-corrected chi connectivity index (χ4v) is 2.21. The van der Waals surface area contributed by atoms with Gasteiger partial charge in [-0.15, -0.1) is 0 Å². The molecule has 1 unspecified atom stereocenters. The summed E-state index contributed by atoms with van der Waals surface area (Å²) in [6.45, 7) is 3.78. The second-order valence-corrected chi connectivity index (χ2v) is 4.62. The Morgan fingerprint density at radius 2 is 2.50 bits per heavy atom. The van der Waals surface area contributed by atoms with E-state index in [1.165, 1.54) is 19.0 Å². The minimum absolute atomic E-state index is 0.0375. The third-order valence-electron chi connectivity index (χ3n) is 3.22. The van der Waals surface area contributed by atoms with Crippen LogP contribution in [-0.4, -0.2) is 29.0 Å². The third kappa shape index (κ3) is 3.16. The molecular weight excluding hydrogens is 232 g/mol. The summed E-state index contributed by atoms with van der Waals surface area (Å²) in [5.41, 5.74) is 0.846. The summed E-state index contributed by atoms with van der Waals surface area (Å²) in [4.78, 5) is 14.3. The first-order valence-electron chi connectivity index (χ1n) is 6.25. The Hall–Kier alpha value is -1.69. The number of nitro groups is 1. The lowest BCUT2D eigenvalue weighted by atomic mass is 10.1. The minimum Gasteiger partial charge on any atom is -0.370 e. The van der Waals surface area contributed by atoms with Crippen LogP contribution in [-0.2, 0) is 0 Å². The zero-order chi connectivity index (χ0) is 13.0. The van der Waals surface area contributed by atoms with Crippen molar-refractivity contribution in [1.82, 2.24) is 10.3 Å². The molecule has 2 rings (SSSR count). The molecule has 1 aliphatic rings. The van der Waals surface area contributed by atoms with Gasteiger partial charge < -0.3 is 10.6 Å². The number of hydrogen-bond donors (Lipinski definition) is 2. The van der Waals surface area contributed by atoms with Crippen LogP contribution in [0.2, 0.25) is 0 Å². The summed E-state index contributed by atoms with van der Waals surface area (Å²) in [5.74, 6) is 0.735. The second-order valence-electron chi connectivity index (χ2n) is 4.62. The average molecular weight is 250 g/mol. The Kier molecular flexibility index (Phi) is 4.09. The summed E-state index contributed by atoms with van der Waals surface area (Å²) >= 11 is 0. The Bertz CT molecular complexity index is 430. The summed E-state index contributed by atoms with van der Waals surface area (Å²) in [7, 11) is 0. The lowest BCUT2D eigenvalue weighted by Crippen LogP contribution is -2.24. The molecule has 6 nitrogen and oxygen atoms in total. The lowest BCUT2D eigenvalue weighted by molar-refractivity contribution is -0.385. The highest BCUT2D eigenvalue weighted by Crippen LogP contribution is 2.18. The molecule has 0 saturated carbocycles. The van der Waals surface area contributed by atoms with Crippen LogP contribution in [0.15, 0.2) is 12.3 Å². The maximum atomic E-state index is 10.6. The Labute approximate surface area is 106 Å². The van der Waals surface area contributed by atoms with Crippen molar-refractivity contribution >= 4 is 11.5 Å². The van der Waals surface area contributed by atoms with Gasteiger partial charge in [0.2, 0.25) is 0 Å². The van der Waals surface area contributed by atoms with Crippen LogP contribution in [0.5, 0.6) is 0 Å². The molecule has 6 heteroatoms. The molecule has 0 amide bonds. The van der Waals surface area contributed by atoms with E-state index in [1.54, 1.807) is 6.07 Å². The molecule has 1 fully saturated rings. The van der Waals surface area contributed by atoms with E-state index in [9.17, 15) is 10.1 Å². The molecule has 0 aromatic carbocycles. The summed E-state index contributed by atoms with van der Waals surface area (Å²) < 4.78 is 0. The lowest BCUT2D eigenvalue weighted by Gasteiger charge is -2.12. The van der Waals surface area contributed by atoms with Crippen molar-refractivity contribution in [2.45, 2.75) is 32.2 Å². The first-order valence-corrected chi connectivity index (χ1v) is 6.25. The van der Waals surface area contributed by atoms with Crippen LogP contribution < -0.4 is 10.6 Å². The number of pyridine rings is 1. The van der Waals surface area contributed by atoms with Gasteiger partial charge in [-0.2, -0.15) is 0 Å². The Morgan fingerprint density at radius 3 is 3.11 bits per heavy atom. The van der Waals surface area contributed by atoms with E-state index >= 15 is 0 Å². The molecule has 1 atom stereocenters. The first-order chi connectivity index (χ1) is 8.66. The van der Waals surface area contributed by atoms with E-state index in [1.807, 2.05) is 6.92 Å². The van der Waals surface area contributed by atoms with Gasteiger partial charge in [-0.1, -0.05) is 0 Å². The van der Waals surface area contributed by atoms with E-state index in [2.05, 4.69) is 15.6 Å². The minimum atomic E-state index is -0.424. The zero-order valence-electron chi connectivity index (χ0n) is 10.5. The molecule has 2 heterocycles. The van der Waals surface area contributed by atoms with Crippen LogP contribution in [0, 0.1) is 17.0 Å². The largest absolute Gasteiger partial charge is 0.370 e. The highest BCUT2D eigenvalue weighted by Gasteiger charge is 2.14. The second kappa shape index (κ2) is 5.77. The van der Waals surface area contributed by atoms with E-state index < -0.39 is 4.92 Å². The molecule has 1 saturated heterocycles. The molecular formula is C12H18N4O2. The van der Waals surface area contributed by atoms with Crippen LogP contribution in [0.25, 0.3) is 0 Å². The molecule has 0 spiro atoms. The molecule has 1 aromatic heterocycles. The molecule has 0 bridgehead atoms. The third-order valence-corrected chi connectivity index (χ3v) is 3.22. The quantitative estimate of drug-likeness (QED) is 0.615. The van der Waals surface area contributed by atoms with Crippen LogP contribution >= 0.6 is 0 Å². The topological polar surface area (TPSA) is 80.1 Å². The number of aryl methyl sites for hydroxylation is 1. The van der Waals surface area contributed by atoms with Crippen molar-refractivity contribution in [3.8, 4) is 0 Å². The normalized spacial score (nSPS) is 18.8. The molecule has 2 N–H and O–H groups in total. The van der Waals surface area contributed by atoms with Gasteiger partial charge >= 0.3 is 0 Å². The zero-order valence-corrected chi connectivity index (χ0v) is 10.5. The van der Waals surface area contributed by atoms with Crippen molar-refractivity contribution in [1.29, 1.82) is 0 Å². The van der Waals surface area contributed by atoms with E-state index in [-0.39, 0.29) is 5.69 Å². The number of nitrogens with one attached hydrogen (secondary N) is 2. The van der Waals surface area contributed by atoms with E-state index in [0.717, 1.165) is 30.9 Å². The van der Waals surface area contributed by atoms with Gasteiger partial charge in [-0.05, 0) is 38.3 Å². The van der Waals surface area contributed by atoms with Gasteiger partial charge in [-0.3, -0.25) is 10.1 Å². The Balaban J connectivity index is 1.87. The van der Waals surface area contributed by atoms with Crippen molar-refractivity contribution in [3.63, 3.8) is 0 Å². The summed E-state index contributed by atoms with van der Waals surface area (Å²) in [6, 6.07) is 2.14. The number of anilines is 1. The van der Waals surface area contributed by atoms with Crippen molar-refractivity contribution < 1.29 is 4.92 Å². The molecule has 0 aliphatic carbocycles. The molecule has 98 valence electrons. The smallest absolute Gasteiger partial charge is 0.287 e. The highest BCUT2D eigenvalue weighted by molar-refractivity contribution is 5.48. The first kappa shape index (κ1) is 12.8. The van der Waals surface area contributed by atoms with E-state index in [4.69, 9.17) is 0 Å². The summed E-state index contributed by atoms with van der Waals surface area (Å²) in [5, 5.41) is 17.3. The monoisotopic (exact) mass is 250 g/mol. The summed E-state index contributed by atoms with van der Waals surface area (Å²) in [6.07, 6.45) is 4.83. The van der Waals surface area contributed by atoms with Crippen molar-refractivity contribution in [2.75, 3.05) is 18.4 Å². The molecule has 0 radical (unpaired) electrons. The Morgan fingerprint density at radius 1 is 1.67 bits per heavy atom. The average Bonchev–Trinajstić information content (AvgIpc) is 2.84. The molecule has 18 heavy (non-hydrogen) atoms. The van der Waals surface area contributed by atoms with Crippen LogP contribution in [0.1, 0.15) is 24.8 Å². The number of nitrogens with zero attached hydrogens (tertiary/aromatic N) is 2.